The Morgan fingerprint density at radius 2 is 1.95 bits per heavy atom. The van der Waals surface area contributed by atoms with Gasteiger partial charge in [-0.3, -0.25) is 28.2 Å². The molecule has 6 N–H and O–H groups in total. The van der Waals surface area contributed by atoms with Crippen LogP contribution in [-0.2, 0) is 23.1 Å². The standard InChI is InChI=1S/C21H21F2N8O9PS/c22-8-7(3-32)37-18(31-5-27-9-15(31)28-20(24)29-17(9)34)10(8)39-41(36,42)40-13-12-21(13,35)11(23)19(38-12)30-2-1-6-14(30)25-4-26-16(6)33/h1-2,4-5,7-8,10-13,18-19,32,35H,3H2,(H,36,42)(H,25,26,33)(H3,24,28,29,34)/t7-,8-,10-,11-,12-,13?,18-,19-,21+,41?/m1/s1. The number of imidazole rings is 1. The van der Waals surface area contributed by atoms with Gasteiger partial charge in [0.25, 0.3) is 11.1 Å². The van der Waals surface area contributed by atoms with E-state index < -0.39 is 79.3 Å². The first-order chi connectivity index (χ1) is 19.9. The summed E-state index contributed by atoms with van der Waals surface area (Å²) in [6, 6.07) is 1.41. The predicted octanol–water partition coefficient (Wildman–Crippen LogP) is -0.544. The second-order valence-corrected chi connectivity index (χ2v) is 12.8. The SMILES string of the molecule is Nc1nc2c(ncn2[C@@H]2O[C@H](CO)[C@@H](F)[C@H]2OP(=O)(S)OC2[C@H]3O[C@@H](n4ccc5c(=O)[nH]cnc54)[C@@H](F)[C@@]23O)c(=O)[nH]1. The minimum Gasteiger partial charge on any atom is -0.394 e. The smallest absolute Gasteiger partial charge is 0.387 e. The molecule has 6 heterocycles. The Labute approximate surface area is 236 Å². The largest absolute Gasteiger partial charge is 0.394 e. The molecule has 3 fully saturated rings. The number of aliphatic hydroxyl groups is 2. The van der Waals surface area contributed by atoms with Crippen LogP contribution in [0.1, 0.15) is 12.5 Å². The lowest BCUT2D eigenvalue weighted by Crippen LogP contribution is -2.34. The fraction of sp³-hybridized carbons (Fsp3) is 0.476. The van der Waals surface area contributed by atoms with Crippen LogP contribution in [0.4, 0.5) is 14.7 Å². The van der Waals surface area contributed by atoms with Crippen LogP contribution < -0.4 is 16.9 Å². The van der Waals surface area contributed by atoms with Crippen LogP contribution in [0.5, 0.6) is 0 Å². The van der Waals surface area contributed by atoms with E-state index in [0.717, 1.165) is 17.2 Å². The summed E-state index contributed by atoms with van der Waals surface area (Å²) in [5.74, 6) is -0.272. The van der Waals surface area contributed by atoms with Crippen molar-refractivity contribution in [1.82, 2.24) is 34.1 Å². The molecule has 2 saturated heterocycles. The van der Waals surface area contributed by atoms with Crippen molar-refractivity contribution in [1.29, 1.82) is 0 Å². The molecule has 0 amide bonds. The number of aromatic nitrogens is 7. The molecule has 10 atom stereocenters. The summed E-state index contributed by atoms with van der Waals surface area (Å²) in [5.41, 5.74) is 2.03. The van der Waals surface area contributed by atoms with Gasteiger partial charge in [-0.05, 0) is 6.07 Å². The molecule has 17 nitrogen and oxygen atoms in total. The van der Waals surface area contributed by atoms with Gasteiger partial charge >= 0.3 is 6.80 Å². The van der Waals surface area contributed by atoms with Crippen molar-refractivity contribution >= 4 is 47.2 Å². The van der Waals surface area contributed by atoms with Crippen LogP contribution in [0.3, 0.4) is 0 Å². The Bertz CT molecular complexity index is 1890. The number of hydrogen-bond donors (Lipinski definition) is 6. The summed E-state index contributed by atoms with van der Waals surface area (Å²) < 4.78 is 68.5. The first-order valence-electron chi connectivity index (χ1n) is 12.3. The number of nitrogens with one attached hydrogen (secondary N) is 2. The maximum absolute atomic E-state index is 15.5. The molecule has 42 heavy (non-hydrogen) atoms. The molecule has 0 bridgehead atoms. The zero-order valence-corrected chi connectivity index (χ0v) is 22.6. The number of anilines is 1. The third kappa shape index (κ3) is 3.98. The zero-order valence-electron chi connectivity index (χ0n) is 20.9. The van der Waals surface area contributed by atoms with Gasteiger partial charge < -0.3 is 35.0 Å². The number of rotatable bonds is 7. The Morgan fingerprint density at radius 1 is 1.17 bits per heavy atom. The third-order valence-electron chi connectivity index (χ3n) is 7.51. The number of ether oxygens (including phenoxy) is 2. The predicted molar refractivity (Wildman–Crippen MR) is 139 cm³/mol. The lowest BCUT2D eigenvalue weighted by molar-refractivity contribution is -0.0623. The number of nitrogen functional groups attached to an aromatic ring is 1. The van der Waals surface area contributed by atoms with E-state index in [0.29, 0.717) is 0 Å². The average Bonchev–Trinajstić information content (AvgIpc) is 3.45. The molecule has 1 aliphatic carbocycles. The molecule has 21 heteroatoms. The van der Waals surface area contributed by atoms with Gasteiger partial charge in [0.05, 0.1) is 24.6 Å². The highest BCUT2D eigenvalue weighted by Gasteiger charge is 2.80. The Balaban J connectivity index is 1.11. The number of aromatic amines is 2. The molecule has 7 rings (SSSR count). The molecule has 1 saturated carbocycles. The van der Waals surface area contributed by atoms with Crippen LogP contribution in [0, 0.1) is 0 Å². The van der Waals surface area contributed by atoms with Gasteiger partial charge in [0.15, 0.2) is 41.6 Å². The molecule has 2 unspecified atom stereocenters. The number of halogens is 2. The Kier molecular flexibility index (Phi) is 6.17. The van der Waals surface area contributed by atoms with Crippen molar-refractivity contribution < 1.29 is 42.1 Å². The van der Waals surface area contributed by atoms with Crippen molar-refractivity contribution in [3.8, 4) is 0 Å². The van der Waals surface area contributed by atoms with E-state index in [4.69, 9.17) is 24.3 Å². The average molecular weight is 630 g/mol. The molecule has 2 aliphatic heterocycles. The molecule has 224 valence electrons. The number of hydrogen-bond acceptors (Lipinski definition) is 13. The summed E-state index contributed by atoms with van der Waals surface area (Å²) >= 11 is 3.91. The molecular weight excluding hydrogens is 609 g/mol. The Hall–Kier alpha value is -3.23. The monoisotopic (exact) mass is 630 g/mol. The van der Waals surface area contributed by atoms with Gasteiger partial charge in [-0.15, -0.1) is 0 Å². The highest BCUT2D eigenvalue weighted by molar-refractivity contribution is 8.44. The molecule has 0 spiro atoms. The molecule has 3 aliphatic rings. The van der Waals surface area contributed by atoms with E-state index in [2.05, 4.69) is 37.2 Å². The van der Waals surface area contributed by atoms with Crippen molar-refractivity contribution in [2.75, 3.05) is 12.3 Å². The minimum absolute atomic E-state index is 0.113. The summed E-state index contributed by atoms with van der Waals surface area (Å²) in [4.78, 5) is 40.7. The minimum atomic E-state index is -4.60. The second kappa shape index (κ2) is 9.38. The normalized spacial score (nSPS) is 35.5. The number of thiol groups is 1. The van der Waals surface area contributed by atoms with Crippen molar-refractivity contribution in [3.05, 3.63) is 45.6 Å². The molecule has 0 radical (unpaired) electrons. The highest BCUT2D eigenvalue weighted by Crippen LogP contribution is 2.66. The second-order valence-electron chi connectivity index (χ2n) is 9.96. The van der Waals surface area contributed by atoms with Crippen molar-refractivity contribution in [2.45, 2.75) is 54.8 Å². The fourth-order valence-electron chi connectivity index (χ4n) is 5.44. The zero-order chi connectivity index (χ0) is 29.7. The van der Waals surface area contributed by atoms with E-state index in [-0.39, 0.29) is 28.1 Å². The summed E-state index contributed by atoms with van der Waals surface area (Å²) in [6.07, 6.45) is -9.54. The van der Waals surface area contributed by atoms with Crippen LogP contribution in [0.15, 0.2) is 34.5 Å². The highest BCUT2D eigenvalue weighted by atomic mass is 32.7. The van der Waals surface area contributed by atoms with Crippen molar-refractivity contribution in [2.24, 2.45) is 0 Å². The van der Waals surface area contributed by atoms with E-state index in [9.17, 15) is 24.4 Å². The molecule has 4 aromatic heterocycles. The lowest BCUT2D eigenvalue weighted by atomic mass is 10.1. The summed E-state index contributed by atoms with van der Waals surface area (Å²) in [5, 5.41) is 20.8. The molecule has 4 aromatic rings. The van der Waals surface area contributed by atoms with Crippen molar-refractivity contribution in [3.63, 3.8) is 0 Å². The number of nitrogens with zero attached hydrogens (tertiary/aromatic N) is 5. The Morgan fingerprint density at radius 3 is 2.67 bits per heavy atom. The number of alkyl halides is 2. The number of aliphatic hydroxyl groups excluding tert-OH is 1. The molecule has 0 aromatic carbocycles. The maximum atomic E-state index is 15.5. The van der Waals surface area contributed by atoms with Gasteiger partial charge in [-0.25, -0.2) is 23.3 Å². The van der Waals surface area contributed by atoms with E-state index in [1.165, 1.54) is 16.8 Å². The summed E-state index contributed by atoms with van der Waals surface area (Å²) in [6.45, 7) is -5.40. The fourth-order valence-corrected chi connectivity index (χ4v) is 7.21. The van der Waals surface area contributed by atoms with Gasteiger partial charge in [-0.1, -0.05) is 12.2 Å². The van der Waals surface area contributed by atoms with Crippen LogP contribution >= 0.6 is 19.0 Å². The van der Waals surface area contributed by atoms with Gasteiger partial charge in [0.1, 0.15) is 30.1 Å². The summed E-state index contributed by atoms with van der Waals surface area (Å²) in [7, 11) is 0. The lowest BCUT2D eigenvalue weighted by Gasteiger charge is -2.26. The van der Waals surface area contributed by atoms with Crippen LogP contribution in [0.25, 0.3) is 22.2 Å². The van der Waals surface area contributed by atoms with Gasteiger partial charge in [0, 0.05) is 6.20 Å². The maximum Gasteiger partial charge on any atom is 0.387 e. The van der Waals surface area contributed by atoms with E-state index in [1.54, 1.807) is 0 Å². The van der Waals surface area contributed by atoms with Gasteiger partial charge in [-0.2, -0.15) is 4.98 Å². The van der Waals surface area contributed by atoms with Crippen LogP contribution in [-0.4, -0.2) is 93.2 Å². The number of H-pyrrole nitrogens is 2. The first kappa shape index (κ1) is 27.6. The third-order valence-corrected chi connectivity index (χ3v) is 9.08. The quantitative estimate of drug-likeness (QED) is 0.111. The number of fused-ring (bicyclic) bond motifs is 3. The van der Waals surface area contributed by atoms with Gasteiger partial charge in [0.2, 0.25) is 5.95 Å². The van der Waals surface area contributed by atoms with E-state index in [1.807, 2.05) is 0 Å². The number of nitrogens with two attached hydrogens (primary N) is 1. The first-order valence-corrected chi connectivity index (χ1v) is 15.0. The van der Waals surface area contributed by atoms with Crippen LogP contribution in [0.2, 0.25) is 0 Å². The topological polar surface area (TPSA) is 235 Å². The molecular formula is C21H21F2N8O9PS. The van der Waals surface area contributed by atoms with E-state index >= 15 is 8.78 Å².